The van der Waals surface area contributed by atoms with Crippen LogP contribution in [0.4, 0.5) is 0 Å². The summed E-state index contributed by atoms with van der Waals surface area (Å²) in [5.74, 6) is 2.86. The molecule has 0 unspecified atom stereocenters. The summed E-state index contributed by atoms with van der Waals surface area (Å²) in [4.78, 5) is 0. The number of aromatic amines is 1. The van der Waals surface area contributed by atoms with Gasteiger partial charge in [0.25, 0.3) is 0 Å². The number of ether oxygens (including phenoxy) is 4. The first-order valence-corrected chi connectivity index (χ1v) is 9.77. The molecule has 1 N–H and O–H groups in total. The van der Waals surface area contributed by atoms with Crippen molar-refractivity contribution in [3.63, 3.8) is 0 Å². The molecule has 158 valence electrons. The second-order valence-electron chi connectivity index (χ2n) is 6.24. The Balaban J connectivity index is 1.94. The number of nitrogens with zero attached hydrogens (tertiary/aromatic N) is 3. The molecule has 8 nitrogen and oxygen atoms in total. The molecule has 1 heterocycles. The molecule has 3 rings (SSSR count). The second kappa shape index (κ2) is 9.93. The van der Waals surface area contributed by atoms with E-state index in [-0.39, 0.29) is 0 Å². The molecule has 0 fully saturated rings. The third kappa shape index (κ3) is 4.62. The zero-order chi connectivity index (χ0) is 21.5. The van der Waals surface area contributed by atoms with Crippen LogP contribution in [-0.4, -0.2) is 49.0 Å². The molecule has 0 saturated heterocycles. The van der Waals surface area contributed by atoms with Crippen molar-refractivity contribution in [1.82, 2.24) is 14.9 Å². The first-order chi connectivity index (χ1) is 14.6. The number of hydrogen-bond acceptors (Lipinski definition) is 7. The second-order valence-corrected chi connectivity index (χ2v) is 6.63. The van der Waals surface area contributed by atoms with Crippen LogP contribution < -0.4 is 18.9 Å². The van der Waals surface area contributed by atoms with Crippen LogP contribution in [-0.2, 0) is 0 Å². The summed E-state index contributed by atoms with van der Waals surface area (Å²) < 4.78 is 23.7. The summed E-state index contributed by atoms with van der Waals surface area (Å²) in [6.07, 6.45) is 2.67. The number of methoxy groups -OCH3 is 3. The van der Waals surface area contributed by atoms with Crippen molar-refractivity contribution in [3.05, 3.63) is 46.7 Å². The summed E-state index contributed by atoms with van der Waals surface area (Å²) in [5.41, 5.74) is 1.61. The van der Waals surface area contributed by atoms with E-state index in [9.17, 15) is 0 Å². The smallest absolute Gasteiger partial charge is 0.216 e. The van der Waals surface area contributed by atoms with Crippen molar-refractivity contribution >= 4 is 18.4 Å². The Kier molecular flexibility index (Phi) is 7.08. The van der Waals surface area contributed by atoms with Gasteiger partial charge in [0.1, 0.15) is 5.75 Å². The average molecular weight is 429 g/mol. The standard InChI is InChI=1S/C21H24N4O4S/c1-5-10-29-16-8-6-14(7-9-16)13-22-25-20(23-24-21(25)30)15-11-17(26-2)19(28-4)18(12-15)27-3/h6-9,11-13H,5,10H2,1-4H3,(H,24,30). The summed E-state index contributed by atoms with van der Waals surface area (Å²) >= 11 is 5.35. The molecule has 0 amide bonds. The molecule has 0 spiro atoms. The van der Waals surface area contributed by atoms with E-state index in [1.807, 2.05) is 24.3 Å². The van der Waals surface area contributed by atoms with Gasteiger partial charge in [-0.25, -0.2) is 5.10 Å². The molecule has 2 aromatic carbocycles. The predicted molar refractivity (Wildman–Crippen MR) is 118 cm³/mol. The van der Waals surface area contributed by atoms with Crippen molar-refractivity contribution in [2.75, 3.05) is 27.9 Å². The minimum Gasteiger partial charge on any atom is -0.494 e. The van der Waals surface area contributed by atoms with Gasteiger partial charge in [-0.2, -0.15) is 14.9 Å². The van der Waals surface area contributed by atoms with Gasteiger partial charge in [-0.05, 0) is 60.6 Å². The lowest BCUT2D eigenvalue weighted by Gasteiger charge is -2.13. The molecule has 0 radical (unpaired) electrons. The first-order valence-electron chi connectivity index (χ1n) is 9.36. The van der Waals surface area contributed by atoms with E-state index in [0.29, 0.717) is 40.0 Å². The van der Waals surface area contributed by atoms with Crippen LogP contribution in [0.1, 0.15) is 18.9 Å². The number of aromatic nitrogens is 3. The largest absolute Gasteiger partial charge is 0.494 e. The van der Waals surface area contributed by atoms with Crippen LogP contribution in [0.2, 0.25) is 0 Å². The van der Waals surface area contributed by atoms with Crippen LogP contribution in [0, 0.1) is 4.77 Å². The van der Waals surface area contributed by atoms with Crippen molar-refractivity contribution in [2.45, 2.75) is 13.3 Å². The number of rotatable bonds is 9. The number of H-pyrrole nitrogens is 1. The Hall–Kier alpha value is -3.33. The van der Waals surface area contributed by atoms with Gasteiger partial charge >= 0.3 is 0 Å². The Morgan fingerprint density at radius 2 is 1.73 bits per heavy atom. The lowest BCUT2D eigenvalue weighted by atomic mass is 10.1. The van der Waals surface area contributed by atoms with Gasteiger partial charge in [0.2, 0.25) is 10.5 Å². The van der Waals surface area contributed by atoms with Gasteiger partial charge in [-0.1, -0.05) is 6.92 Å². The minimum atomic E-state index is 0.359. The molecule has 0 saturated carbocycles. The van der Waals surface area contributed by atoms with Gasteiger partial charge in [0.15, 0.2) is 17.3 Å². The van der Waals surface area contributed by atoms with Crippen molar-refractivity contribution < 1.29 is 18.9 Å². The fraction of sp³-hybridized carbons (Fsp3) is 0.286. The Morgan fingerprint density at radius 1 is 1.07 bits per heavy atom. The molecule has 0 aliphatic carbocycles. The zero-order valence-corrected chi connectivity index (χ0v) is 18.2. The highest BCUT2D eigenvalue weighted by Gasteiger charge is 2.17. The topological polar surface area (TPSA) is 82.9 Å². The van der Waals surface area contributed by atoms with Gasteiger partial charge in [0.05, 0.1) is 34.2 Å². The van der Waals surface area contributed by atoms with Crippen molar-refractivity contribution in [1.29, 1.82) is 0 Å². The molecule has 0 bridgehead atoms. The molecule has 9 heteroatoms. The molecule has 0 atom stereocenters. The summed E-state index contributed by atoms with van der Waals surface area (Å²) in [5, 5.41) is 11.6. The summed E-state index contributed by atoms with van der Waals surface area (Å²) in [6, 6.07) is 11.3. The van der Waals surface area contributed by atoms with Crippen molar-refractivity contribution in [3.8, 4) is 34.4 Å². The maximum atomic E-state index is 5.60. The van der Waals surface area contributed by atoms with Crippen molar-refractivity contribution in [2.24, 2.45) is 5.10 Å². The monoisotopic (exact) mass is 428 g/mol. The van der Waals surface area contributed by atoms with Crippen LogP contribution in [0.3, 0.4) is 0 Å². The van der Waals surface area contributed by atoms with Gasteiger partial charge in [-0.3, -0.25) is 0 Å². The zero-order valence-electron chi connectivity index (χ0n) is 17.3. The fourth-order valence-electron chi connectivity index (χ4n) is 2.79. The maximum absolute atomic E-state index is 5.60. The van der Waals surface area contributed by atoms with Gasteiger partial charge in [0, 0.05) is 5.56 Å². The average Bonchev–Trinajstić information content (AvgIpc) is 3.16. The molecule has 1 aromatic heterocycles. The highest BCUT2D eigenvalue weighted by molar-refractivity contribution is 7.71. The lowest BCUT2D eigenvalue weighted by Crippen LogP contribution is -1.99. The predicted octanol–water partition coefficient (Wildman–Crippen LogP) is 4.30. The molecule has 0 aliphatic rings. The van der Waals surface area contributed by atoms with Crippen LogP contribution in [0.25, 0.3) is 11.4 Å². The lowest BCUT2D eigenvalue weighted by molar-refractivity contribution is 0.317. The fourth-order valence-corrected chi connectivity index (χ4v) is 2.97. The highest BCUT2D eigenvalue weighted by atomic mass is 32.1. The first kappa shape index (κ1) is 21.4. The SMILES string of the molecule is CCCOc1ccc(C=Nn2c(-c3cc(OC)c(OC)c(OC)c3)n[nH]c2=S)cc1. The van der Waals surface area contributed by atoms with Gasteiger partial charge in [-0.15, -0.1) is 0 Å². The third-order valence-electron chi connectivity index (χ3n) is 4.25. The van der Waals surface area contributed by atoms with E-state index in [1.54, 1.807) is 39.7 Å². The van der Waals surface area contributed by atoms with E-state index in [4.69, 9.17) is 31.2 Å². The van der Waals surface area contributed by atoms with E-state index >= 15 is 0 Å². The van der Waals surface area contributed by atoms with Crippen LogP contribution in [0.15, 0.2) is 41.5 Å². The van der Waals surface area contributed by atoms with E-state index < -0.39 is 0 Å². The maximum Gasteiger partial charge on any atom is 0.216 e. The Bertz CT molecular complexity index is 1050. The summed E-state index contributed by atoms with van der Waals surface area (Å²) in [6.45, 7) is 2.76. The molecule has 0 aliphatic heterocycles. The molecular formula is C21H24N4O4S. The van der Waals surface area contributed by atoms with Crippen LogP contribution in [0.5, 0.6) is 23.0 Å². The minimum absolute atomic E-state index is 0.359. The third-order valence-corrected chi connectivity index (χ3v) is 4.51. The quantitative estimate of drug-likeness (QED) is 0.404. The molecule has 3 aromatic rings. The van der Waals surface area contributed by atoms with E-state index in [2.05, 4.69) is 22.2 Å². The summed E-state index contributed by atoms with van der Waals surface area (Å²) in [7, 11) is 4.67. The molecular weight excluding hydrogens is 404 g/mol. The normalized spacial score (nSPS) is 10.9. The molecule has 30 heavy (non-hydrogen) atoms. The number of benzene rings is 2. The van der Waals surface area contributed by atoms with E-state index in [1.165, 1.54) is 4.68 Å². The van der Waals surface area contributed by atoms with E-state index in [0.717, 1.165) is 17.7 Å². The number of hydrogen-bond donors (Lipinski definition) is 1. The Morgan fingerprint density at radius 3 is 2.30 bits per heavy atom. The number of nitrogens with one attached hydrogen (secondary N) is 1. The van der Waals surface area contributed by atoms with Crippen LogP contribution >= 0.6 is 12.2 Å². The Labute approximate surface area is 180 Å². The van der Waals surface area contributed by atoms with Gasteiger partial charge < -0.3 is 18.9 Å². The highest BCUT2D eigenvalue weighted by Crippen LogP contribution is 2.40.